The maximum Gasteiger partial charge on any atom is 0.484 e. The number of rotatable bonds is 3. The van der Waals surface area contributed by atoms with Gasteiger partial charge in [0.2, 0.25) is 0 Å². The van der Waals surface area contributed by atoms with E-state index in [1.165, 1.54) is 24.6 Å². The van der Waals surface area contributed by atoms with Crippen molar-refractivity contribution >= 4 is 17.8 Å². The molecule has 0 saturated heterocycles. The van der Waals surface area contributed by atoms with Crippen LogP contribution in [0.25, 0.3) is 0 Å². The minimum Gasteiger partial charge on any atom is -0.449 e. The molecule has 1 rings (SSSR count). The van der Waals surface area contributed by atoms with Crippen LogP contribution in [0.1, 0.15) is 5.69 Å². The Morgan fingerprint density at radius 1 is 1.50 bits per heavy atom. The van der Waals surface area contributed by atoms with Crippen molar-refractivity contribution in [3.8, 4) is 0 Å². The SMILES string of the molecule is CS(=O)c1ccnc(C[B-](F)(F)F)c1. The summed E-state index contributed by atoms with van der Waals surface area (Å²) in [6.45, 7) is -4.88. The van der Waals surface area contributed by atoms with Crippen LogP contribution in [0, 0.1) is 0 Å². The molecule has 0 bridgehead atoms. The Morgan fingerprint density at radius 3 is 2.64 bits per heavy atom. The zero-order valence-electron chi connectivity index (χ0n) is 7.41. The fourth-order valence-electron chi connectivity index (χ4n) is 0.984. The molecule has 0 amide bonds. The molecule has 0 N–H and O–H groups in total. The van der Waals surface area contributed by atoms with Gasteiger partial charge in [0, 0.05) is 33.8 Å². The monoisotopic (exact) mass is 222 g/mol. The minimum absolute atomic E-state index is 0.0785. The summed E-state index contributed by atoms with van der Waals surface area (Å²) >= 11 is 0. The molecule has 0 aliphatic rings. The van der Waals surface area contributed by atoms with Crippen LogP contribution in [0.4, 0.5) is 12.9 Å². The second-order valence-electron chi connectivity index (χ2n) is 2.85. The highest BCUT2D eigenvalue weighted by Crippen LogP contribution is 2.16. The number of halogens is 3. The Hall–Kier alpha value is -0.845. The normalized spacial score (nSPS) is 14.0. The number of hydrogen-bond acceptors (Lipinski definition) is 2. The first-order valence-corrected chi connectivity index (χ1v) is 5.43. The predicted octanol–water partition coefficient (Wildman–Crippen LogP) is 1.75. The average Bonchev–Trinajstić information content (AvgIpc) is 2.01. The van der Waals surface area contributed by atoms with Gasteiger partial charge in [-0.15, -0.1) is 0 Å². The van der Waals surface area contributed by atoms with Crippen LogP contribution < -0.4 is 0 Å². The predicted molar refractivity (Wildman–Crippen MR) is 49.4 cm³/mol. The molecule has 0 aliphatic heterocycles. The quantitative estimate of drug-likeness (QED) is 0.729. The first-order chi connectivity index (χ1) is 6.38. The van der Waals surface area contributed by atoms with Crippen molar-refractivity contribution in [1.29, 1.82) is 0 Å². The van der Waals surface area contributed by atoms with Crippen molar-refractivity contribution in [2.45, 2.75) is 11.2 Å². The van der Waals surface area contributed by atoms with Crippen LogP contribution in [0.15, 0.2) is 23.2 Å². The summed E-state index contributed by atoms with van der Waals surface area (Å²) in [5.74, 6) is 0. The zero-order valence-corrected chi connectivity index (χ0v) is 8.23. The molecule has 0 aromatic carbocycles. The van der Waals surface area contributed by atoms with Gasteiger partial charge in [-0.2, -0.15) is 0 Å². The van der Waals surface area contributed by atoms with Crippen LogP contribution in [0.5, 0.6) is 0 Å². The number of nitrogens with zero attached hydrogens (tertiary/aromatic N) is 1. The third-order valence-corrected chi connectivity index (χ3v) is 2.48. The summed E-state index contributed by atoms with van der Waals surface area (Å²) in [6, 6.07) is 2.67. The molecule has 0 saturated carbocycles. The molecule has 1 unspecified atom stereocenters. The second kappa shape index (κ2) is 4.12. The van der Waals surface area contributed by atoms with Crippen LogP contribution in [-0.4, -0.2) is 22.4 Å². The van der Waals surface area contributed by atoms with Gasteiger partial charge >= 0.3 is 6.98 Å². The molecule has 2 nitrogen and oxygen atoms in total. The third-order valence-electron chi connectivity index (χ3n) is 1.56. The molecule has 7 heteroatoms. The Morgan fingerprint density at radius 2 is 2.14 bits per heavy atom. The molecule has 0 fully saturated rings. The number of aromatic nitrogens is 1. The second-order valence-corrected chi connectivity index (χ2v) is 4.23. The Labute approximate surface area is 82.1 Å². The highest BCUT2D eigenvalue weighted by Gasteiger charge is 2.24. The van der Waals surface area contributed by atoms with Crippen LogP contribution in [-0.2, 0) is 17.1 Å². The average molecular weight is 222 g/mol. The summed E-state index contributed by atoms with van der Waals surface area (Å²) in [4.78, 5) is 3.94. The molecular weight excluding hydrogens is 214 g/mol. The molecule has 0 aliphatic carbocycles. The van der Waals surface area contributed by atoms with Crippen molar-refractivity contribution in [3.63, 3.8) is 0 Å². The molecule has 78 valence electrons. The smallest absolute Gasteiger partial charge is 0.449 e. The van der Waals surface area contributed by atoms with E-state index < -0.39 is 24.1 Å². The van der Waals surface area contributed by atoms with E-state index in [1.54, 1.807) is 0 Å². The van der Waals surface area contributed by atoms with E-state index in [4.69, 9.17) is 0 Å². The van der Waals surface area contributed by atoms with E-state index in [0.717, 1.165) is 0 Å². The number of pyridine rings is 1. The zero-order chi connectivity index (χ0) is 10.8. The molecule has 1 aromatic heterocycles. The van der Waals surface area contributed by atoms with E-state index in [1.807, 2.05) is 0 Å². The standard InChI is InChI=1S/C7H8BF3NOS/c1-14(13)7-2-3-12-6(4-7)5-8(9,10)11/h2-4H,5H2,1H3/q-1. The van der Waals surface area contributed by atoms with Crippen molar-refractivity contribution in [3.05, 3.63) is 24.0 Å². The van der Waals surface area contributed by atoms with Crippen LogP contribution in [0.2, 0.25) is 0 Å². The topological polar surface area (TPSA) is 30.0 Å². The number of hydrogen-bond donors (Lipinski definition) is 0. The lowest BCUT2D eigenvalue weighted by Gasteiger charge is -2.12. The highest BCUT2D eigenvalue weighted by molar-refractivity contribution is 7.84. The minimum atomic E-state index is -4.88. The summed E-state index contributed by atoms with van der Waals surface area (Å²) in [7, 11) is -1.27. The fourth-order valence-corrected chi connectivity index (χ4v) is 1.54. The Kier molecular flexibility index (Phi) is 3.31. The van der Waals surface area contributed by atoms with Gasteiger partial charge in [0.25, 0.3) is 0 Å². The summed E-state index contributed by atoms with van der Waals surface area (Å²) in [5.41, 5.74) is -0.0785. The molecule has 14 heavy (non-hydrogen) atoms. The maximum atomic E-state index is 12.0. The Bertz CT molecular complexity index is 355. The van der Waals surface area contributed by atoms with Gasteiger partial charge in [0.1, 0.15) is 0 Å². The van der Waals surface area contributed by atoms with Crippen molar-refractivity contribution in [1.82, 2.24) is 4.98 Å². The summed E-state index contributed by atoms with van der Waals surface area (Å²) < 4.78 is 47.0. The van der Waals surface area contributed by atoms with Gasteiger partial charge in [0.15, 0.2) is 0 Å². The lowest BCUT2D eigenvalue weighted by molar-refractivity contribution is 0.467. The van der Waals surface area contributed by atoms with E-state index in [2.05, 4.69) is 4.98 Å². The van der Waals surface area contributed by atoms with Gasteiger partial charge in [-0.3, -0.25) is 9.19 Å². The van der Waals surface area contributed by atoms with Crippen molar-refractivity contribution in [2.24, 2.45) is 0 Å². The summed E-state index contributed by atoms with van der Waals surface area (Å²) in [6.07, 6.45) is 1.64. The van der Waals surface area contributed by atoms with Gasteiger partial charge in [-0.25, -0.2) is 0 Å². The molecule has 0 radical (unpaired) electrons. The van der Waals surface area contributed by atoms with E-state index >= 15 is 0 Å². The van der Waals surface area contributed by atoms with Crippen LogP contribution >= 0.6 is 0 Å². The van der Waals surface area contributed by atoms with E-state index in [0.29, 0.717) is 4.90 Å². The molecule has 0 spiro atoms. The molecule has 1 aromatic rings. The molecule has 1 atom stereocenters. The van der Waals surface area contributed by atoms with E-state index in [-0.39, 0.29) is 5.69 Å². The van der Waals surface area contributed by atoms with E-state index in [9.17, 15) is 17.2 Å². The molecule has 1 heterocycles. The fraction of sp³-hybridized carbons (Fsp3) is 0.286. The summed E-state index contributed by atoms with van der Waals surface area (Å²) in [5, 5.41) is 0. The maximum absolute atomic E-state index is 12.0. The first-order valence-electron chi connectivity index (χ1n) is 3.88. The van der Waals surface area contributed by atoms with Crippen LogP contribution in [0.3, 0.4) is 0 Å². The largest absolute Gasteiger partial charge is 0.484 e. The van der Waals surface area contributed by atoms with Crippen molar-refractivity contribution in [2.75, 3.05) is 6.26 Å². The van der Waals surface area contributed by atoms with Gasteiger partial charge < -0.3 is 12.9 Å². The lowest BCUT2D eigenvalue weighted by atomic mass is 9.84. The van der Waals surface area contributed by atoms with Gasteiger partial charge in [-0.05, 0) is 18.5 Å². The van der Waals surface area contributed by atoms with Gasteiger partial charge in [0.05, 0.1) is 0 Å². The van der Waals surface area contributed by atoms with Crippen molar-refractivity contribution < 1.29 is 17.2 Å². The highest BCUT2D eigenvalue weighted by atomic mass is 32.2. The first kappa shape index (κ1) is 11.2. The van der Waals surface area contributed by atoms with Gasteiger partial charge in [-0.1, -0.05) is 0 Å². The molecular formula is C7H8BF3NOS-. The third kappa shape index (κ3) is 3.49. The Balaban J connectivity index is 2.89. The lowest BCUT2D eigenvalue weighted by Crippen LogP contribution is -2.20.